The predicted octanol–water partition coefficient (Wildman–Crippen LogP) is 2.64. The first-order chi connectivity index (χ1) is 9.81. The smallest absolute Gasteiger partial charge is 0.138 e. The number of aromatic nitrogens is 1. The van der Waals surface area contributed by atoms with Crippen LogP contribution in [-0.2, 0) is 13.2 Å². The fraction of sp³-hybridized carbons (Fsp3) is 0.250. The van der Waals surface area contributed by atoms with Crippen LogP contribution in [0, 0.1) is 11.3 Å². The average molecular weight is 267 g/mol. The van der Waals surface area contributed by atoms with Crippen LogP contribution in [0.2, 0.25) is 0 Å². The number of nitrogens with one attached hydrogen (secondary N) is 1. The molecule has 1 aromatic heterocycles. The lowest BCUT2D eigenvalue weighted by Gasteiger charge is -2.07. The van der Waals surface area contributed by atoms with Gasteiger partial charge in [-0.2, -0.15) is 5.26 Å². The van der Waals surface area contributed by atoms with Gasteiger partial charge in [-0.1, -0.05) is 19.1 Å². The molecule has 1 aromatic carbocycles. The number of rotatable bonds is 6. The monoisotopic (exact) mass is 267 g/mol. The molecule has 0 fully saturated rings. The number of ether oxygens (including phenoxy) is 1. The van der Waals surface area contributed by atoms with Crippen LogP contribution in [0.3, 0.4) is 0 Å². The minimum absolute atomic E-state index is 0.434. The Hall–Kier alpha value is -2.38. The highest BCUT2D eigenvalue weighted by molar-refractivity contribution is 5.32. The number of nitrogens with zero attached hydrogens (tertiary/aromatic N) is 2. The van der Waals surface area contributed by atoms with Crippen molar-refractivity contribution >= 4 is 0 Å². The quantitative estimate of drug-likeness (QED) is 0.874. The van der Waals surface area contributed by atoms with E-state index in [4.69, 9.17) is 10.00 Å². The van der Waals surface area contributed by atoms with E-state index in [0.717, 1.165) is 30.1 Å². The minimum Gasteiger partial charge on any atom is -0.487 e. The lowest BCUT2D eigenvalue weighted by atomic mass is 10.1. The van der Waals surface area contributed by atoms with E-state index >= 15 is 0 Å². The summed E-state index contributed by atoms with van der Waals surface area (Å²) in [5.74, 6) is 0.729. The van der Waals surface area contributed by atoms with Crippen molar-refractivity contribution < 1.29 is 4.74 Å². The standard InChI is InChI=1S/C16H17N3O/c1-2-18-10-15-6-7-16(11-19-15)20-12-14-5-3-4-13(8-14)9-17/h3-8,11,18H,2,10,12H2,1H3. The van der Waals surface area contributed by atoms with Crippen molar-refractivity contribution in [2.45, 2.75) is 20.1 Å². The van der Waals surface area contributed by atoms with Crippen molar-refractivity contribution in [2.24, 2.45) is 0 Å². The van der Waals surface area contributed by atoms with Crippen LogP contribution in [0.25, 0.3) is 0 Å². The summed E-state index contributed by atoms with van der Waals surface area (Å²) in [4.78, 5) is 4.32. The molecule has 1 N–H and O–H groups in total. The maximum Gasteiger partial charge on any atom is 0.138 e. The Morgan fingerprint density at radius 3 is 2.90 bits per heavy atom. The van der Waals surface area contributed by atoms with Gasteiger partial charge in [-0.05, 0) is 36.4 Å². The van der Waals surface area contributed by atoms with E-state index in [1.54, 1.807) is 12.3 Å². The van der Waals surface area contributed by atoms with Gasteiger partial charge >= 0.3 is 0 Å². The van der Waals surface area contributed by atoms with Crippen LogP contribution in [0.5, 0.6) is 5.75 Å². The fourth-order valence-corrected chi connectivity index (χ4v) is 1.75. The number of nitriles is 1. The Bertz CT molecular complexity index is 587. The molecule has 0 bridgehead atoms. The molecule has 0 aliphatic heterocycles. The first-order valence-electron chi connectivity index (χ1n) is 6.59. The third-order valence-electron chi connectivity index (χ3n) is 2.82. The highest BCUT2D eigenvalue weighted by Gasteiger charge is 1.99. The molecule has 0 aliphatic carbocycles. The van der Waals surface area contributed by atoms with Crippen LogP contribution in [-0.4, -0.2) is 11.5 Å². The van der Waals surface area contributed by atoms with Gasteiger partial charge in [-0.15, -0.1) is 0 Å². The summed E-state index contributed by atoms with van der Waals surface area (Å²) in [5, 5.41) is 12.1. The van der Waals surface area contributed by atoms with Crippen molar-refractivity contribution in [3.8, 4) is 11.8 Å². The van der Waals surface area contributed by atoms with E-state index < -0.39 is 0 Å². The van der Waals surface area contributed by atoms with Crippen LogP contribution in [0.15, 0.2) is 42.6 Å². The molecule has 0 atom stereocenters. The summed E-state index contributed by atoms with van der Waals surface area (Å²) in [6.45, 7) is 4.19. The van der Waals surface area contributed by atoms with E-state index in [0.29, 0.717) is 12.2 Å². The summed E-state index contributed by atoms with van der Waals surface area (Å²) in [6.07, 6.45) is 1.72. The van der Waals surface area contributed by atoms with Crippen LogP contribution < -0.4 is 10.1 Å². The first-order valence-corrected chi connectivity index (χ1v) is 6.59. The molecule has 0 unspecified atom stereocenters. The predicted molar refractivity (Wildman–Crippen MR) is 77.1 cm³/mol. The number of hydrogen-bond acceptors (Lipinski definition) is 4. The highest BCUT2D eigenvalue weighted by atomic mass is 16.5. The molecule has 0 aliphatic rings. The Kier molecular flexibility index (Phi) is 5.10. The zero-order chi connectivity index (χ0) is 14.2. The third-order valence-corrected chi connectivity index (χ3v) is 2.82. The summed E-state index contributed by atoms with van der Waals surface area (Å²) in [5.41, 5.74) is 2.61. The first kappa shape index (κ1) is 14.0. The molecule has 0 saturated carbocycles. The summed E-state index contributed by atoms with van der Waals surface area (Å²) >= 11 is 0. The molecule has 4 heteroatoms. The van der Waals surface area contributed by atoms with Gasteiger partial charge in [0.25, 0.3) is 0 Å². The van der Waals surface area contributed by atoms with Gasteiger partial charge in [0.1, 0.15) is 12.4 Å². The Labute approximate surface area is 119 Å². The molecule has 102 valence electrons. The van der Waals surface area contributed by atoms with Gasteiger partial charge in [0.2, 0.25) is 0 Å². The Morgan fingerprint density at radius 1 is 1.30 bits per heavy atom. The molecule has 0 radical (unpaired) electrons. The lowest BCUT2D eigenvalue weighted by molar-refractivity contribution is 0.304. The van der Waals surface area contributed by atoms with Gasteiger partial charge in [0.05, 0.1) is 23.5 Å². The van der Waals surface area contributed by atoms with Crippen molar-refractivity contribution in [2.75, 3.05) is 6.54 Å². The zero-order valence-corrected chi connectivity index (χ0v) is 11.5. The summed E-state index contributed by atoms with van der Waals surface area (Å²) in [6, 6.07) is 13.4. The maximum atomic E-state index is 8.84. The van der Waals surface area contributed by atoms with E-state index in [9.17, 15) is 0 Å². The molecular weight excluding hydrogens is 250 g/mol. The molecule has 4 nitrogen and oxygen atoms in total. The molecule has 20 heavy (non-hydrogen) atoms. The van der Waals surface area contributed by atoms with E-state index in [1.165, 1.54) is 0 Å². The van der Waals surface area contributed by atoms with Gasteiger partial charge in [0.15, 0.2) is 0 Å². The van der Waals surface area contributed by atoms with E-state index in [1.807, 2.05) is 30.3 Å². The van der Waals surface area contributed by atoms with Crippen molar-refractivity contribution in [1.29, 1.82) is 5.26 Å². The van der Waals surface area contributed by atoms with Gasteiger partial charge in [0, 0.05) is 6.54 Å². The lowest BCUT2D eigenvalue weighted by Crippen LogP contribution is -2.12. The maximum absolute atomic E-state index is 8.84. The summed E-state index contributed by atoms with van der Waals surface area (Å²) in [7, 11) is 0. The summed E-state index contributed by atoms with van der Waals surface area (Å²) < 4.78 is 5.66. The second-order valence-corrected chi connectivity index (χ2v) is 4.37. The average Bonchev–Trinajstić information content (AvgIpc) is 2.52. The van der Waals surface area contributed by atoms with Crippen LogP contribution in [0.4, 0.5) is 0 Å². The number of pyridine rings is 1. The van der Waals surface area contributed by atoms with Gasteiger partial charge in [-0.25, -0.2) is 0 Å². The second kappa shape index (κ2) is 7.27. The van der Waals surface area contributed by atoms with Crippen LogP contribution >= 0.6 is 0 Å². The van der Waals surface area contributed by atoms with Gasteiger partial charge in [-0.3, -0.25) is 4.98 Å². The van der Waals surface area contributed by atoms with Crippen molar-refractivity contribution in [3.63, 3.8) is 0 Å². The molecule has 2 rings (SSSR count). The van der Waals surface area contributed by atoms with Gasteiger partial charge < -0.3 is 10.1 Å². The molecule has 0 spiro atoms. The van der Waals surface area contributed by atoms with Crippen molar-refractivity contribution in [1.82, 2.24) is 10.3 Å². The SMILES string of the molecule is CCNCc1ccc(OCc2cccc(C#N)c2)cn1. The Balaban J connectivity index is 1.92. The Morgan fingerprint density at radius 2 is 2.20 bits per heavy atom. The van der Waals surface area contributed by atoms with E-state index in [-0.39, 0.29) is 0 Å². The topological polar surface area (TPSA) is 57.9 Å². The third kappa shape index (κ3) is 4.08. The molecule has 0 saturated heterocycles. The number of benzene rings is 1. The zero-order valence-electron chi connectivity index (χ0n) is 11.5. The second-order valence-electron chi connectivity index (χ2n) is 4.37. The van der Waals surface area contributed by atoms with Crippen molar-refractivity contribution in [3.05, 3.63) is 59.4 Å². The van der Waals surface area contributed by atoms with Crippen LogP contribution in [0.1, 0.15) is 23.7 Å². The van der Waals surface area contributed by atoms with E-state index in [2.05, 4.69) is 23.3 Å². The fourth-order valence-electron chi connectivity index (χ4n) is 1.75. The highest BCUT2D eigenvalue weighted by Crippen LogP contribution is 2.12. The molecule has 0 amide bonds. The minimum atomic E-state index is 0.434. The number of hydrogen-bond donors (Lipinski definition) is 1. The molecular formula is C16H17N3O. The largest absolute Gasteiger partial charge is 0.487 e. The normalized spacial score (nSPS) is 10.0. The molecule has 1 heterocycles. The molecule has 2 aromatic rings.